The predicted molar refractivity (Wildman–Crippen MR) is 104 cm³/mol. The lowest BCUT2D eigenvalue weighted by Crippen LogP contribution is -2.21. The van der Waals surface area contributed by atoms with Gasteiger partial charge in [-0.3, -0.25) is 4.99 Å². The number of hydrogen-bond acceptors (Lipinski definition) is 3. The van der Waals surface area contributed by atoms with Crippen molar-refractivity contribution in [1.82, 2.24) is 0 Å². The van der Waals surface area contributed by atoms with Crippen molar-refractivity contribution in [3.63, 3.8) is 0 Å². The summed E-state index contributed by atoms with van der Waals surface area (Å²) >= 11 is 0. The fourth-order valence-electron chi connectivity index (χ4n) is 2.94. The Balaban J connectivity index is 2.33. The number of benzene rings is 2. The summed E-state index contributed by atoms with van der Waals surface area (Å²) in [6, 6.07) is 12.1. The summed E-state index contributed by atoms with van der Waals surface area (Å²) in [5.41, 5.74) is 5.31. The summed E-state index contributed by atoms with van der Waals surface area (Å²) < 4.78 is 0. The molecule has 3 nitrogen and oxygen atoms in total. The molecular formula is C21H28N2O. The Bertz CT molecular complexity index is 681. The van der Waals surface area contributed by atoms with E-state index >= 15 is 0 Å². The van der Waals surface area contributed by atoms with E-state index in [-0.39, 0.29) is 5.75 Å². The van der Waals surface area contributed by atoms with Gasteiger partial charge in [0.1, 0.15) is 5.75 Å². The first-order valence-electron chi connectivity index (χ1n) is 8.87. The minimum atomic E-state index is 0.273. The van der Waals surface area contributed by atoms with E-state index in [9.17, 15) is 5.11 Å². The van der Waals surface area contributed by atoms with Gasteiger partial charge in [0.25, 0.3) is 0 Å². The number of phenols is 1. The van der Waals surface area contributed by atoms with E-state index in [2.05, 4.69) is 50.8 Å². The molecule has 0 aliphatic rings. The molecule has 2 aromatic rings. The molecule has 0 radical (unpaired) electrons. The quantitative estimate of drug-likeness (QED) is 0.718. The van der Waals surface area contributed by atoms with Gasteiger partial charge in [0, 0.05) is 36.6 Å². The Hall–Kier alpha value is -2.29. The highest BCUT2D eigenvalue weighted by atomic mass is 16.3. The Kier molecular flexibility index (Phi) is 6.42. The molecule has 2 aromatic carbocycles. The zero-order chi connectivity index (χ0) is 17.5. The number of anilines is 1. The maximum absolute atomic E-state index is 10.3. The molecule has 0 aliphatic carbocycles. The highest BCUT2D eigenvalue weighted by molar-refractivity contribution is 5.87. The van der Waals surface area contributed by atoms with Gasteiger partial charge in [0.05, 0.1) is 5.69 Å². The van der Waals surface area contributed by atoms with Crippen molar-refractivity contribution < 1.29 is 5.11 Å². The SMILES string of the molecule is CCc1cccc(CC)c1N=Cc1ccc(N(CC)CC)cc1O. The molecule has 0 saturated heterocycles. The number of aliphatic imine (C=N–C) groups is 1. The van der Waals surface area contributed by atoms with E-state index in [4.69, 9.17) is 4.99 Å². The lowest BCUT2D eigenvalue weighted by atomic mass is 10.0. The molecule has 0 aromatic heterocycles. The van der Waals surface area contributed by atoms with Crippen molar-refractivity contribution >= 4 is 17.6 Å². The first-order valence-corrected chi connectivity index (χ1v) is 8.87. The van der Waals surface area contributed by atoms with Crippen LogP contribution in [-0.4, -0.2) is 24.4 Å². The van der Waals surface area contributed by atoms with Crippen LogP contribution in [0.15, 0.2) is 41.4 Å². The highest BCUT2D eigenvalue weighted by Crippen LogP contribution is 2.28. The van der Waals surface area contributed by atoms with E-state index in [0.29, 0.717) is 0 Å². The summed E-state index contributed by atoms with van der Waals surface area (Å²) in [4.78, 5) is 6.91. The molecule has 128 valence electrons. The topological polar surface area (TPSA) is 35.8 Å². The third-order valence-corrected chi connectivity index (χ3v) is 4.44. The number of aromatic hydroxyl groups is 1. The predicted octanol–water partition coefficient (Wildman–Crippen LogP) is 5.11. The number of para-hydroxylation sites is 1. The molecule has 0 bridgehead atoms. The zero-order valence-electron chi connectivity index (χ0n) is 15.2. The third-order valence-electron chi connectivity index (χ3n) is 4.44. The lowest BCUT2D eigenvalue weighted by molar-refractivity contribution is 0.474. The molecule has 0 heterocycles. The molecule has 2 rings (SSSR count). The van der Waals surface area contributed by atoms with E-state index < -0.39 is 0 Å². The van der Waals surface area contributed by atoms with Gasteiger partial charge < -0.3 is 10.0 Å². The smallest absolute Gasteiger partial charge is 0.126 e. The fraction of sp³-hybridized carbons (Fsp3) is 0.381. The van der Waals surface area contributed by atoms with Gasteiger partial charge in [-0.25, -0.2) is 0 Å². The number of phenolic OH excluding ortho intramolecular Hbond substituents is 1. The monoisotopic (exact) mass is 324 g/mol. The van der Waals surface area contributed by atoms with Gasteiger partial charge in [-0.15, -0.1) is 0 Å². The normalized spacial score (nSPS) is 11.2. The lowest BCUT2D eigenvalue weighted by Gasteiger charge is -2.21. The maximum atomic E-state index is 10.3. The van der Waals surface area contributed by atoms with E-state index in [1.54, 1.807) is 6.21 Å². The van der Waals surface area contributed by atoms with Crippen LogP contribution in [0.1, 0.15) is 44.4 Å². The van der Waals surface area contributed by atoms with Gasteiger partial charge in [-0.05, 0) is 49.9 Å². The largest absolute Gasteiger partial charge is 0.507 e. The second kappa shape index (κ2) is 8.53. The van der Waals surface area contributed by atoms with Crippen LogP contribution >= 0.6 is 0 Å². The third kappa shape index (κ3) is 3.97. The molecule has 0 amide bonds. The molecule has 0 aliphatic heterocycles. The minimum absolute atomic E-state index is 0.273. The van der Waals surface area contributed by atoms with E-state index in [0.717, 1.165) is 42.9 Å². The number of nitrogens with zero attached hydrogens (tertiary/aromatic N) is 2. The molecule has 3 heteroatoms. The summed E-state index contributed by atoms with van der Waals surface area (Å²) in [6.07, 6.45) is 3.68. The summed E-state index contributed by atoms with van der Waals surface area (Å²) in [7, 11) is 0. The number of hydrogen-bond donors (Lipinski definition) is 1. The second-order valence-electron chi connectivity index (χ2n) is 5.81. The second-order valence-corrected chi connectivity index (χ2v) is 5.81. The van der Waals surface area contributed by atoms with Gasteiger partial charge in [-0.2, -0.15) is 0 Å². The first kappa shape index (κ1) is 18.1. The van der Waals surface area contributed by atoms with Crippen molar-refractivity contribution in [2.45, 2.75) is 40.5 Å². The molecule has 0 atom stereocenters. The van der Waals surface area contributed by atoms with Crippen LogP contribution in [0.25, 0.3) is 0 Å². The zero-order valence-corrected chi connectivity index (χ0v) is 15.2. The molecule has 0 fully saturated rings. The van der Waals surface area contributed by atoms with E-state index in [1.165, 1.54) is 11.1 Å². The number of aryl methyl sites for hydroxylation is 2. The molecular weight excluding hydrogens is 296 g/mol. The standard InChI is InChI=1S/C21H28N2O/c1-5-16-10-9-11-17(6-2)21(16)22-15-18-12-13-19(14-20(18)24)23(7-3)8-4/h9-15,24H,5-8H2,1-4H3. The van der Waals surface area contributed by atoms with Crippen LogP contribution in [-0.2, 0) is 12.8 Å². The Morgan fingerprint density at radius 1 is 0.958 bits per heavy atom. The summed E-state index contributed by atoms with van der Waals surface area (Å²) in [6.45, 7) is 10.4. The Labute approximate surface area is 145 Å². The van der Waals surface area contributed by atoms with Crippen LogP contribution in [0.2, 0.25) is 0 Å². The molecule has 0 saturated carbocycles. The van der Waals surface area contributed by atoms with Crippen molar-refractivity contribution in [2.75, 3.05) is 18.0 Å². The number of rotatable bonds is 7. The summed E-state index contributed by atoms with van der Waals surface area (Å²) in [5.74, 6) is 0.273. The Morgan fingerprint density at radius 3 is 2.08 bits per heavy atom. The van der Waals surface area contributed by atoms with Crippen LogP contribution < -0.4 is 4.90 Å². The van der Waals surface area contributed by atoms with Gasteiger partial charge in [0.15, 0.2) is 0 Å². The Morgan fingerprint density at radius 2 is 1.58 bits per heavy atom. The van der Waals surface area contributed by atoms with Crippen LogP contribution in [0.3, 0.4) is 0 Å². The molecule has 0 spiro atoms. The molecule has 1 N–H and O–H groups in total. The fourth-order valence-corrected chi connectivity index (χ4v) is 2.94. The molecule has 24 heavy (non-hydrogen) atoms. The van der Waals surface area contributed by atoms with Crippen LogP contribution in [0, 0.1) is 0 Å². The first-order chi connectivity index (χ1) is 11.6. The highest BCUT2D eigenvalue weighted by Gasteiger charge is 2.07. The van der Waals surface area contributed by atoms with Gasteiger partial charge in [0.2, 0.25) is 0 Å². The van der Waals surface area contributed by atoms with Gasteiger partial charge >= 0.3 is 0 Å². The minimum Gasteiger partial charge on any atom is -0.507 e. The average molecular weight is 324 g/mol. The van der Waals surface area contributed by atoms with Crippen molar-refractivity contribution in [1.29, 1.82) is 0 Å². The van der Waals surface area contributed by atoms with Crippen molar-refractivity contribution in [3.8, 4) is 5.75 Å². The van der Waals surface area contributed by atoms with Gasteiger partial charge in [-0.1, -0.05) is 32.0 Å². The van der Waals surface area contributed by atoms with Crippen LogP contribution in [0.4, 0.5) is 11.4 Å². The maximum Gasteiger partial charge on any atom is 0.126 e. The van der Waals surface area contributed by atoms with Crippen molar-refractivity contribution in [2.24, 2.45) is 4.99 Å². The van der Waals surface area contributed by atoms with E-state index in [1.807, 2.05) is 18.2 Å². The van der Waals surface area contributed by atoms with Crippen LogP contribution in [0.5, 0.6) is 5.75 Å². The molecule has 0 unspecified atom stereocenters. The average Bonchev–Trinajstić information content (AvgIpc) is 2.61. The summed E-state index contributed by atoms with van der Waals surface area (Å²) in [5, 5.41) is 10.3. The van der Waals surface area contributed by atoms with Crippen molar-refractivity contribution in [3.05, 3.63) is 53.1 Å².